The molecule has 6 fully saturated rings. The molecule has 15 atom stereocenters. The number of amides is 2. The fourth-order valence-corrected chi connectivity index (χ4v) is 25.9. The van der Waals surface area contributed by atoms with Crippen LogP contribution in [0.5, 0.6) is 23.5 Å². The van der Waals surface area contributed by atoms with Crippen molar-refractivity contribution in [3.63, 3.8) is 0 Å². The second-order valence-electron chi connectivity index (χ2n) is 39.6. The number of hydrogen-bond donors (Lipinski definition) is 9. The topological polar surface area (TPSA) is 475 Å². The molecule has 10 N–H and O–H groups in total. The molecule has 39 nitrogen and oxygen atoms in total. The third kappa shape index (κ3) is 33.8. The molecule has 0 spiro atoms. The van der Waals surface area contributed by atoms with Gasteiger partial charge in [0.2, 0.25) is 53.2 Å². The van der Waals surface area contributed by atoms with E-state index in [1.807, 2.05) is 56.1 Å². The number of ether oxygens (including phenoxy) is 8. The first-order chi connectivity index (χ1) is 64.2. The Kier molecular flexibility index (Phi) is 46.0. The first-order valence-electron chi connectivity index (χ1n) is 47.3. The summed E-state index contributed by atoms with van der Waals surface area (Å²) in [6.45, 7) is 47.1. The summed E-state index contributed by atoms with van der Waals surface area (Å²) in [6, 6.07) is 6.49. The number of anilines is 3. The maximum absolute atomic E-state index is 13.9. The standard InChI is InChI=1S/C31H53N8O5PS2Si.C22H36N6O4S2Si.C17H30N6O3Si.C16H25FN4O3Si.3CH4/c1-9-24-25(44-45(42-13-10-12-32)39(21(2)3)22(4)5)18-27(43-24)38-20-35-28-29(38)36-31(37-30(28)41-14-16-48(6,7)8)34-19-33-26(40)17-23-11-15-46-47-23;1-5-16-15(29)11-18(32-16)28-13-25-19-20(28)26-22(27-21(19)31-7-9-35(2,3)4)24-12-23-17(30)10-14-6-8-33-34-14;1-5-12-11(24)8-13(26-12)23-10-20-14-15(23)21-17(19-9-18)22-16(14)25-6-7-27(2,3)4;1-5-11-10(22)8-12(24-11)21-9-18-13-14(21)19-16(17)20-15(13)23-6-7-25(2,3)4;;;/h20-25,27H,9-11,13-19H2,1-8H3,(H,33,40)(H,34,36,37);13-16,18,29H,5-12H2,1-4H3,(H,23,30)(H,24,26,27);10-13,24H,5-9,18H2,1-4H3,(H,19,21,22);9-12,22H,5-8H2,1-4H3;3*1H4/t23?,24-,25-,27-,45?;14?,15-,16-,18-;11-,12-,13-;10-,11-,12-;;;/m1111.../s1. The van der Waals surface area contributed by atoms with E-state index in [1.165, 1.54) is 0 Å². The van der Waals surface area contributed by atoms with Crippen LogP contribution in [0.2, 0.25) is 103 Å². The molecule has 8 aromatic rings. The molecule has 2 amide bonds. The van der Waals surface area contributed by atoms with Gasteiger partial charge >= 0.3 is 6.08 Å². The lowest BCUT2D eigenvalue weighted by Crippen LogP contribution is -2.35. The molecule has 0 aromatic carbocycles. The number of nitrogens with zero attached hydrogens (tertiary/aromatic N) is 18. The maximum Gasteiger partial charge on any atom is 0.314 e. The normalized spacial score (nSPS) is 22.9. The molecule has 0 bridgehead atoms. The number of carbonyl (C=O) groups is 2. The fraction of sp³-hybridized carbons (Fsp3) is 0.742. The van der Waals surface area contributed by atoms with Gasteiger partial charge in [-0.2, -0.15) is 49.5 Å². The predicted octanol–water partition coefficient (Wildman–Crippen LogP) is 17.1. The van der Waals surface area contributed by atoms with E-state index in [-0.39, 0.29) is 121 Å². The SMILES string of the molecule is C.C.C.CC[C@H]1O[C@@H](n2cnc3c(OCC[Si](C)(C)C)nc(F)nc32)C[C@H]1O.CC[C@H]1O[C@@H](n2cnc3c(OCC[Si](C)(C)C)nc(NCN)nc32)C[C@H]1O.CC[C@H]1O[C@@H](n2cnc3c(OCC[Si](C)(C)C)nc(NCNC(=O)CC4CCSS4)nc32)C[C@H]1O.CC[C@H]1O[C@@H](n2cnc3c(OCC[Si](C)(C)C)nc(NCNC(=O)CC4CCSS4)nc32)C[C@H]1OP(OCCC#N)N(C(C)C)C(C)C. The van der Waals surface area contributed by atoms with Crippen LogP contribution in [-0.2, 0) is 37.6 Å². The molecule has 3 unspecified atom stereocenters. The van der Waals surface area contributed by atoms with Crippen LogP contribution in [-0.4, -0.2) is 278 Å². The van der Waals surface area contributed by atoms with Gasteiger partial charge in [0.15, 0.2) is 44.7 Å². The Morgan fingerprint density at radius 2 is 0.833 bits per heavy atom. The molecular formula is C89H156FN24O15PS4Si4. The number of rotatable bonds is 44. The third-order valence-electron chi connectivity index (χ3n) is 23.0. The smallest absolute Gasteiger partial charge is 0.314 e. The van der Waals surface area contributed by atoms with Gasteiger partial charge in [0.25, 0.3) is 8.53 Å². The van der Waals surface area contributed by atoms with Crippen LogP contribution in [0.3, 0.4) is 0 Å². The number of imidazole rings is 4. The maximum atomic E-state index is 13.9. The molecule has 14 rings (SSSR count). The van der Waals surface area contributed by atoms with Gasteiger partial charge < -0.3 is 94.6 Å². The summed E-state index contributed by atoms with van der Waals surface area (Å²) in [5, 5.41) is 55.5. The van der Waals surface area contributed by atoms with Gasteiger partial charge in [-0.1, -0.05) is 172 Å². The van der Waals surface area contributed by atoms with Gasteiger partial charge in [-0.3, -0.25) is 27.9 Å². The van der Waals surface area contributed by atoms with E-state index in [4.69, 9.17) is 62.9 Å². The van der Waals surface area contributed by atoms with E-state index in [0.717, 1.165) is 67.8 Å². The van der Waals surface area contributed by atoms with Crippen LogP contribution in [0, 0.1) is 17.4 Å². The zero-order valence-corrected chi connectivity index (χ0v) is 90.1. The molecule has 0 aliphatic carbocycles. The Morgan fingerprint density at radius 1 is 0.507 bits per heavy atom. The van der Waals surface area contributed by atoms with Crippen molar-refractivity contribution >= 4 is 158 Å². The van der Waals surface area contributed by atoms with Crippen LogP contribution >= 0.6 is 51.7 Å². The molecule has 6 aliphatic heterocycles. The molecule has 6 aliphatic rings. The minimum absolute atomic E-state index is 0. The van der Waals surface area contributed by atoms with E-state index in [9.17, 15) is 29.3 Å². The number of nitrogens with one attached hydrogen (secondary N) is 5. The van der Waals surface area contributed by atoms with Crippen molar-refractivity contribution in [2.45, 2.75) is 360 Å². The molecule has 8 aromatic heterocycles. The number of halogens is 1. The minimum atomic E-state index is -1.43. The lowest BCUT2D eigenvalue weighted by Gasteiger charge is -2.37. The summed E-state index contributed by atoms with van der Waals surface area (Å²) in [5.74, 6) is 4.69. The second-order valence-corrected chi connectivity index (χ2v) is 69.1. The first kappa shape index (κ1) is 117. The minimum Gasteiger partial charge on any atom is -0.476 e. The van der Waals surface area contributed by atoms with Gasteiger partial charge in [0.1, 0.15) is 24.9 Å². The quantitative estimate of drug-likeness (QED) is 0.00428. The van der Waals surface area contributed by atoms with E-state index >= 15 is 0 Å². The zero-order chi connectivity index (χ0) is 97.6. The van der Waals surface area contributed by atoms with Crippen LogP contribution < -0.4 is 51.3 Å². The number of carbonyl (C=O) groups excluding carboxylic acids is 2. The van der Waals surface area contributed by atoms with Crippen molar-refractivity contribution < 1.29 is 76.2 Å². The average Bonchev–Trinajstić information content (AvgIpc) is 1.64. The predicted molar refractivity (Wildman–Crippen MR) is 561 cm³/mol. The van der Waals surface area contributed by atoms with Crippen LogP contribution in [0.25, 0.3) is 44.7 Å². The van der Waals surface area contributed by atoms with Crippen LogP contribution in [0.4, 0.5) is 22.2 Å². The highest BCUT2D eigenvalue weighted by molar-refractivity contribution is 8.77. The van der Waals surface area contributed by atoms with Crippen molar-refractivity contribution in [1.29, 1.82) is 5.26 Å². The summed E-state index contributed by atoms with van der Waals surface area (Å²) in [6.07, 6.45) is 10.0. The van der Waals surface area contributed by atoms with Gasteiger partial charge in [-0.25, -0.2) is 24.6 Å². The molecular weight excluding hydrogens is 1940 g/mol. The number of aliphatic hydroxyl groups is 3. The number of aliphatic hydroxyl groups excluding tert-OH is 3. The van der Waals surface area contributed by atoms with Crippen molar-refractivity contribution in [1.82, 2.24) is 93.4 Å². The van der Waals surface area contributed by atoms with Crippen molar-refractivity contribution in [3.8, 4) is 29.6 Å². The highest BCUT2D eigenvalue weighted by Gasteiger charge is 2.43. The Morgan fingerprint density at radius 3 is 1.14 bits per heavy atom. The summed E-state index contributed by atoms with van der Waals surface area (Å²) in [4.78, 5) is 78.1. The van der Waals surface area contributed by atoms with Crippen molar-refractivity contribution in [2.75, 3.05) is 80.5 Å². The monoisotopic (exact) mass is 2090 g/mol. The summed E-state index contributed by atoms with van der Waals surface area (Å²) < 4.78 is 84.7. The van der Waals surface area contributed by atoms with E-state index in [0.29, 0.717) is 175 Å². The van der Waals surface area contributed by atoms with Gasteiger partial charge in [-0.15, -0.1) is 0 Å². The van der Waals surface area contributed by atoms with Gasteiger partial charge in [0.05, 0.1) is 140 Å². The van der Waals surface area contributed by atoms with Crippen LogP contribution in [0.15, 0.2) is 25.3 Å². The van der Waals surface area contributed by atoms with Crippen LogP contribution in [0.1, 0.15) is 186 Å². The molecule has 49 heteroatoms. The molecule has 138 heavy (non-hydrogen) atoms. The highest BCUT2D eigenvalue weighted by atomic mass is 33.1. The fourth-order valence-electron chi connectivity index (χ4n) is 15.5. The number of fused-ring (bicyclic) bond motifs is 4. The Hall–Kier alpha value is -6.58. The molecule has 14 heterocycles. The summed E-state index contributed by atoms with van der Waals surface area (Å²) >= 11 is 0. The lowest BCUT2D eigenvalue weighted by molar-refractivity contribution is -0.121. The number of aromatic nitrogens is 16. The lowest BCUT2D eigenvalue weighted by atomic mass is 10.1. The molecule has 0 saturated carbocycles. The summed E-state index contributed by atoms with van der Waals surface area (Å²) in [7, 11) is 0.683. The largest absolute Gasteiger partial charge is 0.476 e. The van der Waals surface area contributed by atoms with Crippen molar-refractivity contribution in [3.05, 3.63) is 31.4 Å². The van der Waals surface area contributed by atoms with E-state index in [2.05, 4.69) is 205 Å². The third-order valence-corrected chi connectivity index (χ3v) is 37.9. The molecule has 774 valence electrons. The highest BCUT2D eigenvalue weighted by Crippen LogP contribution is 2.51. The Balaban J connectivity index is 0.000000231. The average molecular weight is 2090 g/mol. The van der Waals surface area contributed by atoms with Crippen molar-refractivity contribution in [2.24, 2.45) is 5.73 Å². The molecule has 6 saturated heterocycles. The van der Waals surface area contributed by atoms with E-state index < -0.39 is 71.4 Å². The Labute approximate surface area is 835 Å². The van der Waals surface area contributed by atoms with E-state index in [1.54, 1.807) is 51.5 Å². The molecule has 0 radical (unpaired) electrons. The number of nitrogens with two attached hydrogens (primary N) is 1. The first-order valence-corrected chi connectivity index (χ1v) is 68.0. The summed E-state index contributed by atoms with van der Waals surface area (Å²) in [5.41, 5.74) is 9.81. The second kappa shape index (κ2) is 54.4. The number of nitriles is 1. The number of hydrogen-bond acceptors (Lipinski definition) is 37. The van der Waals surface area contributed by atoms with Gasteiger partial charge in [-0.05, 0) is 90.4 Å². The Bertz CT molecular complexity index is 5130. The zero-order valence-electron chi connectivity index (χ0n) is 82.0. The van der Waals surface area contributed by atoms with Gasteiger partial charge in [0, 0.05) is 105 Å².